The summed E-state index contributed by atoms with van der Waals surface area (Å²) in [4.78, 5) is 12.5. The molecule has 0 spiro atoms. The predicted octanol–water partition coefficient (Wildman–Crippen LogP) is -1.02. The van der Waals surface area contributed by atoms with Crippen LogP contribution in [0.3, 0.4) is 0 Å². The number of sulfone groups is 1. The molecule has 0 bridgehead atoms. The van der Waals surface area contributed by atoms with E-state index in [1.807, 2.05) is 11.8 Å². The highest BCUT2D eigenvalue weighted by molar-refractivity contribution is 7.91. The first-order valence-electron chi connectivity index (χ1n) is 4.63. The summed E-state index contributed by atoms with van der Waals surface area (Å²) in [5.41, 5.74) is 5.02. The summed E-state index contributed by atoms with van der Waals surface area (Å²) >= 11 is 0. The number of nitrogens with zero attached hydrogens (tertiary/aromatic N) is 1. The molecule has 0 radical (unpaired) electrons. The van der Waals surface area contributed by atoms with Crippen LogP contribution < -0.4 is 5.73 Å². The van der Waals surface area contributed by atoms with Crippen molar-refractivity contribution in [2.45, 2.75) is 19.4 Å². The van der Waals surface area contributed by atoms with Crippen LogP contribution in [0.2, 0.25) is 0 Å². The topological polar surface area (TPSA) is 80.5 Å². The Bertz CT molecular complexity index is 313. The third kappa shape index (κ3) is 3.26. The average Bonchev–Trinajstić information content (AvgIpc) is 2.00. The van der Waals surface area contributed by atoms with E-state index in [1.54, 1.807) is 0 Å². The number of amides is 1. The Morgan fingerprint density at radius 3 is 2.71 bits per heavy atom. The summed E-state index contributed by atoms with van der Waals surface area (Å²) in [6, 6.07) is -0.00639. The molecule has 82 valence electrons. The zero-order valence-corrected chi connectivity index (χ0v) is 9.09. The Hall–Kier alpha value is -0.620. The second-order valence-electron chi connectivity index (χ2n) is 3.72. The molecule has 1 atom stereocenters. The van der Waals surface area contributed by atoms with E-state index in [2.05, 4.69) is 0 Å². The summed E-state index contributed by atoms with van der Waals surface area (Å²) in [7, 11) is -2.86. The van der Waals surface area contributed by atoms with Crippen LogP contribution >= 0.6 is 0 Å². The number of hydrogen-bond donors (Lipinski definition) is 1. The van der Waals surface area contributed by atoms with E-state index in [1.165, 1.54) is 0 Å². The summed E-state index contributed by atoms with van der Waals surface area (Å²) < 4.78 is 22.5. The lowest BCUT2D eigenvalue weighted by molar-refractivity contribution is -0.118. The van der Waals surface area contributed by atoms with Crippen LogP contribution in [0.5, 0.6) is 0 Å². The molecule has 0 saturated carbocycles. The van der Waals surface area contributed by atoms with Crippen molar-refractivity contribution in [3.8, 4) is 0 Å². The Labute approximate surface area is 84.2 Å². The molecule has 1 heterocycles. The van der Waals surface area contributed by atoms with Gasteiger partial charge >= 0.3 is 0 Å². The number of primary amides is 1. The summed E-state index contributed by atoms with van der Waals surface area (Å²) in [5.74, 6) is 0.0348. The fourth-order valence-electron chi connectivity index (χ4n) is 1.62. The van der Waals surface area contributed by atoms with E-state index >= 15 is 0 Å². The minimum absolute atomic E-state index is 0.00639. The van der Waals surface area contributed by atoms with Crippen molar-refractivity contribution in [2.24, 2.45) is 5.73 Å². The van der Waals surface area contributed by atoms with Gasteiger partial charge in [0.1, 0.15) is 0 Å². The van der Waals surface area contributed by atoms with Crippen molar-refractivity contribution in [1.29, 1.82) is 0 Å². The summed E-state index contributed by atoms with van der Waals surface area (Å²) in [6.07, 6.45) is 0.296. The minimum Gasteiger partial charge on any atom is -0.370 e. The van der Waals surface area contributed by atoms with Crippen LogP contribution in [0, 0.1) is 0 Å². The second-order valence-corrected chi connectivity index (χ2v) is 5.94. The van der Waals surface area contributed by atoms with Gasteiger partial charge in [0.2, 0.25) is 5.91 Å². The SMILES string of the molecule is CC1CS(=O)(=O)CCN1CCC(N)=O. The second kappa shape index (κ2) is 4.27. The molecule has 1 saturated heterocycles. The molecule has 1 aliphatic heterocycles. The van der Waals surface area contributed by atoms with Crippen LogP contribution in [0.25, 0.3) is 0 Å². The van der Waals surface area contributed by atoms with E-state index in [4.69, 9.17) is 5.73 Å². The third-order valence-electron chi connectivity index (χ3n) is 2.45. The van der Waals surface area contributed by atoms with Crippen LogP contribution in [0.4, 0.5) is 0 Å². The van der Waals surface area contributed by atoms with Gasteiger partial charge in [-0.25, -0.2) is 8.42 Å². The quantitative estimate of drug-likeness (QED) is 0.660. The number of carbonyl (C=O) groups is 1. The first-order valence-corrected chi connectivity index (χ1v) is 6.45. The molecule has 1 unspecified atom stereocenters. The molecular weight excluding hydrogens is 204 g/mol. The van der Waals surface area contributed by atoms with Gasteiger partial charge in [-0.05, 0) is 6.92 Å². The first-order chi connectivity index (χ1) is 6.41. The van der Waals surface area contributed by atoms with E-state index in [0.29, 0.717) is 19.5 Å². The van der Waals surface area contributed by atoms with E-state index < -0.39 is 9.84 Å². The third-order valence-corrected chi connectivity index (χ3v) is 4.25. The average molecular weight is 220 g/mol. The van der Waals surface area contributed by atoms with E-state index in [9.17, 15) is 13.2 Å². The van der Waals surface area contributed by atoms with E-state index in [-0.39, 0.29) is 23.5 Å². The lowest BCUT2D eigenvalue weighted by Gasteiger charge is -2.32. The maximum Gasteiger partial charge on any atom is 0.218 e. The van der Waals surface area contributed by atoms with Gasteiger partial charge in [0, 0.05) is 25.6 Å². The fraction of sp³-hybridized carbons (Fsp3) is 0.875. The zero-order valence-electron chi connectivity index (χ0n) is 8.27. The highest BCUT2D eigenvalue weighted by atomic mass is 32.2. The lowest BCUT2D eigenvalue weighted by atomic mass is 10.2. The summed E-state index contributed by atoms with van der Waals surface area (Å²) in [5, 5.41) is 0. The molecule has 1 amide bonds. The van der Waals surface area contributed by atoms with Crippen LogP contribution in [-0.2, 0) is 14.6 Å². The van der Waals surface area contributed by atoms with Crippen LogP contribution in [0.1, 0.15) is 13.3 Å². The first kappa shape index (κ1) is 11.5. The lowest BCUT2D eigenvalue weighted by Crippen LogP contribution is -2.47. The largest absolute Gasteiger partial charge is 0.370 e. The monoisotopic (exact) mass is 220 g/mol. The highest BCUT2D eigenvalue weighted by Gasteiger charge is 2.27. The molecule has 5 nitrogen and oxygen atoms in total. The van der Waals surface area contributed by atoms with Gasteiger partial charge in [0.25, 0.3) is 0 Å². The molecule has 1 rings (SSSR count). The molecule has 1 fully saturated rings. The van der Waals surface area contributed by atoms with Gasteiger partial charge in [0.15, 0.2) is 9.84 Å². The number of hydrogen-bond acceptors (Lipinski definition) is 4. The van der Waals surface area contributed by atoms with Crippen molar-refractivity contribution in [2.75, 3.05) is 24.6 Å². The molecule has 0 aromatic rings. The predicted molar refractivity (Wildman–Crippen MR) is 53.5 cm³/mol. The number of rotatable bonds is 3. The molecular formula is C8H16N2O3S. The zero-order chi connectivity index (χ0) is 10.8. The smallest absolute Gasteiger partial charge is 0.218 e. The van der Waals surface area contributed by atoms with Crippen LogP contribution in [-0.4, -0.2) is 49.9 Å². The molecule has 1 aliphatic rings. The molecule has 6 heteroatoms. The highest BCUT2D eigenvalue weighted by Crippen LogP contribution is 2.11. The van der Waals surface area contributed by atoms with Crippen LogP contribution in [0.15, 0.2) is 0 Å². The van der Waals surface area contributed by atoms with E-state index in [0.717, 1.165) is 0 Å². The standard InChI is InChI=1S/C8H16N2O3S/c1-7-6-14(12,13)5-4-10(7)3-2-8(9)11/h7H,2-6H2,1H3,(H2,9,11). The number of nitrogens with two attached hydrogens (primary N) is 1. The van der Waals surface area contributed by atoms with Crippen molar-refractivity contribution in [3.05, 3.63) is 0 Å². The van der Waals surface area contributed by atoms with Crippen molar-refractivity contribution in [3.63, 3.8) is 0 Å². The van der Waals surface area contributed by atoms with Gasteiger partial charge in [-0.3, -0.25) is 9.69 Å². The van der Waals surface area contributed by atoms with Crippen molar-refractivity contribution >= 4 is 15.7 Å². The Kier molecular flexibility index (Phi) is 3.49. The molecule has 14 heavy (non-hydrogen) atoms. The van der Waals surface area contributed by atoms with Gasteiger partial charge in [-0.1, -0.05) is 0 Å². The number of carbonyl (C=O) groups excluding carboxylic acids is 1. The van der Waals surface area contributed by atoms with Gasteiger partial charge in [0.05, 0.1) is 11.5 Å². The van der Waals surface area contributed by atoms with Gasteiger partial charge in [-0.15, -0.1) is 0 Å². The minimum atomic E-state index is -2.86. The molecule has 0 aromatic heterocycles. The maximum absolute atomic E-state index is 11.2. The van der Waals surface area contributed by atoms with Gasteiger partial charge < -0.3 is 5.73 Å². The fourth-order valence-corrected chi connectivity index (χ4v) is 3.24. The Morgan fingerprint density at radius 1 is 1.57 bits per heavy atom. The normalized spacial score (nSPS) is 27.4. The van der Waals surface area contributed by atoms with Crippen molar-refractivity contribution < 1.29 is 13.2 Å². The Morgan fingerprint density at radius 2 is 2.21 bits per heavy atom. The summed E-state index contributed by atoms with van der Waals surface area (Å²) in [6.45, 7) is 2.93. The Balaban J connectivity index is 2.46. The maximum atomic E-state index is 11.2. The van der Waals surface area contributed by atoms with Gasteiger partial charge in [-0.2, -0.15) is 0 Å². The molecule has 2 N–H and O–H groups in total. The van der Waals surface area contributed by atoms with Crippen molar-refractivity contribution in [1.82, 2.24) is 4.90 Å². The molecule has 0 aromatic carbocycles. The molecule has 0 aliphatic carbocycles.